The summed E-state index contributed by atoms with van der Waals surface area (Å²) in [4.78, 5) is 9.35. The fourth-order valence-corrected chi connectivity index (χ4v) is 4.16. The van der Waals surface area contributed by atoms with Crippen LogP contribution in [-0.4, -0.2) is 75.8 Å². The fourth-order valence-electron chi connectivity index (χ4n) is 4.16. The zero-order valence-corrected chi connectivity index (χ0v) is 19.2. The Kier molecular flexibility index (Phi) is 11.8. The molecule has 1 heterocycles. The van der Waals surface area contributed by atoms with Gasteiger partial charge in [0.25, 0.3) is 0 Å². The Hall–Kier alpha value is -0.340. The summed E-state index contributed by atoms with van der Waals surface area (Å²) in [6.07, 6.45) is 10.9. The molecule has 6 heteroatoms. The van der Waals surface area contributed by atoms with Crippen LogP contribution in [0.25, 0.3) is 0 Å². The third-order valence-electron chi connectivity index (χ3n) is 5.67. The minimum Gasteiger partial charge on any atom is -0.379 e. The van der Waals surface area contributed by atoms with Crippen LogP contribution in [0.1, 0.15) is 44.9 Å². The average Bonchev–Trinajstić information content (AvgIpc) is 2.64. The smallest absolute Gasteiger partial charge is 0.193 e. The average molecular weight is 478 g/mol. The molecule has 0 unspecified atom stereocenters. The SMILES string of the molecule is C=CCCCN(C)C(=NC)NCC1(CN2CCOCC2)CCCCC1.I. The van der Waals surface area contributed by atoms with Crippen molar-refractivity contribution >= 4 is 29.9 Å². The van der Waals surface area contributed by atoms with Gasteiger partial charge in [-0.25, -0.2) is 0 Å². The number of nitrogens with one attached hydrogen (secondary N) is 1. The number of allylic oxidation sites excluding steroid dienone is 1. The molecule has 0 amide bonds. The third-order valence-corrected chi connectivity index (χ3v) is 5.67. The number of guanidine groups is 1. The van der Waals surface area contributed by atoms with E-state index in [-0.39, 0.29) is 24.0 Å². The van der Waals surface area contributed by atoms with Gasteiger partial charge in [-0.15, -0.1) is 30.6 Å². The van der Waals surface area contributed by atoms with Crippen LogP contribution < -0.4 is 5.32 Å². The molecule has 2 rings (SSSR count). The molecule has 5 nitrogen and oxygen atoms in total. The maximum Gasteiger partial charge on any atom is 0.193 e. The molecule has 1 N–H and O–H groups in total. The maximum atomic E-state index is 5.53. The lowest BCUT2D eigenvalue weighted by Gasteiger charge is -2.43. The molecule has 26 heavy (non-hydrogen) atoms. The molecule has 1 saturated heterocycles. The van der Waals surface area contributed by atoms with Crippen LogP contribution in [-0.2, 0) is 4.74 Å². The number of unbranched alkanes of at least 4 members (excludes halogenated alkanes) is 1. The molecular formula is C20H39IN4O. The number of nitrogens with zero attached hydrogens (tertiary/aromatic N) is 3. The van der Waals surface area contributed by atoms with Gasteiger partial charge in [0, 0.05) is 52.2 Å². The molecule has 0 atom stereocenters. The molecule has 1 aliphatic heterocycles. The largest absolute Gasteiger partial charge is 0.379 e. The van der Waals surface area contributed by atoms with E-state index in [1.165, 1.54) is 38.6 Å². The van der Waals surface area contributed by atoms with Crippen LogP contribution in [0.4, 0.5) is 0 Å². The van der Waals surface area contributed by atoms with Crippen molar-refractivity contribution in [2.24, 2.45) is 10.4 Å². The normalized spacial score (nSPS) is 20.9. The first kappa shape index (κ1) is 23.7. The number of ether oxygens (including phenoxy) is 1. The maximum absolute atomic E-state index is 5.53. The number of halogens is 1. The van der Waals surface area contributed by atoms with E-state index >= 15 is 0 Å². The molecule has 2 aliphatic rings. The van der Waals surface area contributed by atoms with Gasteiger partial charge < -0.3 is 15.0 Å². The quantitative estimate of drug-likeness (QED) is 0.191. The molecule has 0 aromatic heterocycles. The van der Waals surface area contributed by atoms with E-state index in [2.05, 4.69) is 33.7 Å². The van der Waals surface area contributed by atoms with Crippen LogP contribution in [0.2, 0.25) is 0 Å². The summed E-state index contributed by atoms with van der Waals surface area (Å²) in [5.41, 5.74) is 0.382. The monoisotopic (exact) mass is 478 g/mol. The highest BCUT2D eigenvalue weighted by Gasteiger charge is 2.34. The standard InChI is InChI=1S/C20H38N4O.HI/c1-4-5-9-12-23(3)19(21-2)22-17-20(10-7-6-8-11-20)18-24-13-15-25-16-14-24;/h4H,1,5-18H2,2-3H3,(H,21,22);1H. The second-order valence-corrected chi connectivity index (χ2v) is 7.70. The second-order valence-electron chi connectivity index (χ2n) is 7.70. The molecule has 0 aromatic carbocycles. The molecular weight excluding hydrogens is 439 g/mol. The predicted octanol–water partition coefficient (Wildman–Crippen LogP) is 3.36. The van der Waals surface area contributed by atoms with E-state index in [4.69, 9.17) is 4.74 Å². The van der Waals surface area contributed by atoms with Crippen molar-refractivity contribution in [3.05, 3.63) is 12.7 Å². The van der Waals surface area contributed by atoms with Crippen LogP contribution in [0.5, 0.6) is 0 Å². The Morgan fingerprint density at radius 2 is 1.96 bits per heavy atom. The summed E-state index contributed by atoms with van der Waals surface area (Å²) in [6.45, 7) is 11.0. The Morgan fingerprint density at radius 3 is 2.58 bits per heavy atom. The van der Waals surface area contributed by atoms with E-state index in [0.717, 1.165) is 58.2 Å². The predicted molar refractivity (Wildman–Crippen MR) is 122 cm³/mol. The van der Waals surface area contributed by atoms with Crippen molar-refractivity contribution in [1.29, 1.82) is 0 Å². The van der Waals surface area contributed by atoms with Crippen LogP contribution in [0.15, 0.2) is 17.6 Å². The Bertz CT molecular complexity index is 418. The zero-order valence-electron chi connectivity index (χ0n) is 16.8. The summed E-state index contributed by atoms with van der Waals surface area (Å²) in [6, 6.07) is 0. The minimum atomic E-state index is 0. The molecule has 1 saturated carbocycles. The van der Waals surface area contributed by atoms with Crippen molar-refractivity contribution in [3.63, 3.8) is 0 Å². The van der Waals surface area contributed by atoms with Gasteiger partial charge in [0.05, 0.1) is 13.2 Å². The fraction of sp³-hybridized carbons (Fsp3) is 0.850. The van der Waals surface area contributed by atoms with Gasteiger partial charge in [-0.2, -0.15) is 0 Å². The highest BCUT2D eigenvalue weighted by Crippen LogP contribution is 2.36. The van der Waals surface area contributed by atoms with Gasteiger partial charge in [-0.3, -0.25) is 9.89 Å². The van der Waals surface area contributed by atoms with Gasteiger partial charge >= 0.3 is 0 Å². The molecule has 2 fully saturated rings. The number of morpholine rings is 1. The highest BCUT2D eigenvalue weighted by molar-refractivity contribution is 14.0. The lowest BCUT2D eigenvalue weighted by molar-refractivity contribution is 0.00810. The number of hydrogen-bond donors (Lipinski definition) is 1. The number of aliphatic imine (C=N–C) groups is 1. The van der Waals surface area contributed by atoms with Gasteiger partial charge in [0.15, 0.2) is 5.96 Å². The van der Waals surface area contributed by atoms with Gasteiger partial charge in [-0.05, 0) is 25.7 Å². The summed E-state index contributed by atoms with van der Waals surface area (Å²) >= 11 is 0. The lowest BCUT2D eigenvalue weighted by Crippen LogP contribution is -2.51. The molecule has 0 bridgehead atoms. The summed E-state index contributed by atoms with van der Waals surface area (Å²) in [7, 11) is 4.02. The van der Waals surface area contributed by atoms with E-state index in [1.807, 2.05) is 13.1 Å². The zero-order chi connectivity index (χ0) is 18.0. The van der Waals surface area contributed by atoms with Crippen LogP contribution in [0.3, 0.4) is 0 Å². The number of hydrogen-bond acceptors (Lipinski definition) is 3. The first-order chi connectivity index (χ1) is 12.2. The Balaban J connectivity index is 0.00000338. The lowest BCUT2D eigenvalue weighted by atomic mass is 9.73. The molecule has 0 aromatic rings. The summed E-state index contributed by atoms with van der Waals surface area (Å²) in [5.74, 6) is 1.02. The van der Waals surface area contributed by atoms with Crippen molar-refractivity contribution in [3.8, 4) is 0 Å². The third kappa shape index (κ3) is 7.72. The summed E-state index contributed by atoms with van der Waals surface area (Å²) in [5, 5.41) is 3.69. The van der Waals surface area contributed by atoms with Crippen LogP contribution in [0, 0.1) is 5.41 Å². The Labute approximate surface area is 177 Å². The molecule has 1 aliphatic carbocycles. The molecule has 0 radical (unpaired) electrons. The van der Waals surface area contributed by atoms with Crippen molar-refractivity contribution in [2.75, 3.05) is 60.0 Å². The molecule has 152 valence electrons. The topological polar surface area (TPSA) is 40.1 Å². The number of rotatable bonds is 8. The Morgan fingerprint density at radius 1 is 1.27 bits per heavy atom. The summed E-state index contributed by atoms with van der Waals surface area (Å²) < 4.78 is 5.53. The second kappa shape index (κ2) is 12.9. The first-order valence-corrected chi connectivity index (χ1v) is 10.0. The van der Waals surface area contributed by atoms with E-state index < -0.39 is 0 Å². The van der Waals surface area contributed by atoms with Gasteiger partial charge in [-0.1, -0.05) is 25.3 Å². The van der Waals surface area contributed by atoms with Crippen molar-refractivity contribution < 1.29 is 4.74 Å². The van der Waals surface area contributed by atoms with Gasteiger partial charge in [0.1, 0.15) is 0 Å². The highest BCUT2D eigenvalue weighted by atomic mass is 127. The minimum absolute atomic E-state index is 0. The molecule has 0 spiro atoms. The van der Waals surface area contributed by atoms with Gasteiger partial charge in [0.2, 0.25) is 0 Å². The van der Waals surface area contributed by atoms with E-state index in [9.17, 15) is 0 Å². The van der Waals surface area contributed by atoms with Crippen LogP contribution >= 0.6 is 24.0 Å². The van der Waals surface area contributed by atoms with Crippen molar-refractivity contribution in [2.45, 2.75) is 44.9 Å². The van der Waals surface area contributed by atoms with E-state index in [1.54, 1.807) is 0 Å². The first-order valence-electron chi connectivity index (χ1n) is 10.0. The van der Waals surface area contributed by atoms with Crippen molar-refractivity contribution in [1.82, 2.24) is 15.1 Å². The van der Waals surface area contributed by atoms with E-state index in [0.29, 0.717) is 5.41 Å².